The molecule has 1 spiro atoms. The highest BCUT2D eigenvalue weighted by Crippen LogP contribution is 2.37. The van der Waals surface area contributed by atoms with Gasteiger partial charge in [-0.25, -0.2) is 4.98 Å². The smallest absolute Gasteiger partial charge is 0.225 e. The number of piperidine rings is 1. The standard InChI is InChI=1S/C21H30N2O3/c1-16-6-10-22-19(14-16)26-18-7-13-25-21(15-18)8-11-23(12-9-21)20(24)17-4-2-3-5-17/h6,10,14,17-18H,2-5,7-9,11-13,15H2,1H3. The molecule has 0 aromatic carbocycles. The van der Waals surface area contributed by atoms with Crippen LogP contribution in [0.2, 0.25) is 0 Å². The van der Waals surface area contributed by atoms with Crippen molar-refractivity contribution in [3.05, 3.63) is 23.9 Å². The topological polar surface area (TPSA) is 51.7 Å². The van der Waals surface area contributed by atoms with Crippen LogP contribution in [0.4, 0.5) is 0 Å². The number of amides is 1. The number of hydrogen-bond acceptors (Lipinski definition) is 4. The van der Waals surface area contributed by atoms with Crippen molar-refractivity contribution in [1.82, 2.24) is 9.88 Å². The molecule has 2 saturated heterocycles. The van der Waals surface area contributed by atoms with Crippen molar-refractivity contribution in [3.63, 3.8) is 0 Å². The van der Waals surface area contributed by atoms with Crippen LogP contribution in [0.1, 0.15) is 56.9 Å². The first-order valence-electron chi connectivity index (χ1n) is 10.2. The summed E-state index contributed by atoms with van der Waals surface area (Å²) < 4.78 is 12.4. The maximum atomic E-state index is 12.7. The summed E-state index contributed by atoms with van der Waals surface area (Å²) in [5, 5.41) is 0. The molecule has 0 radical (unpaired) electrons. The molecule has 0 N–H and O–H groups in total. The SMILES string of the molecule is Cc1ccnc(OC2CCOC3(CCN(C(=O)C4CCCC4)CC3)C2)c1. The molecule has 3 aliphatic rings. The fourth-order valence-electron chi connectivity index (χ4n) is 4.74. The van der Waals surface area contributed by atoms with Crippen molar-refractivity contribution in [3.8, 4) is 5.88 Å². The summed E-state index contributed by atoms with van der Waals surface area (Å²) in [6.45, 7) is 4.43. The van der Waals surface area contributed by atoms with Crippen LogP contribution < -0.4 is 4.74 Å². The zero-order valence-corrected chi connectivity index (χ0v) is 15.8. The van der Waals surface area contributed by atoms with Gasteiger partial charge in [0.05, 0.1) is 12.2 Å². The van der Waals surface area contributed by atoms with Gasteiger partial charge in [-0.1, -0.05) is 12.8 Å². The van der Waals surface area contributed by atoms with E-state index in [1.54, 1.807) is 6.20 Å². The number of ether oxygens (including phenoxy) is 2. The molecule has 26 heavy (non-hydrogen) atoms. The number of likely N-dealkylation sites (tertiary alicyclic amines) is 1. The van der Waals surface area contributed by atoms with E-state index in [1.807, 2.05) is 12.1 Å². The molecule has 3 fully saturated rings. The first kappa shape index (κ1) is 17.8. The van der Waals surface area contributed by atoms with Crippen molar-refractivity contribution in [2.24, 2.45) is 5.92 Å². The Balaban J connectivity index is 1.33. The van der Waals surface area contributed by atoms with Crippen molar-refractivity contribution < 1.29 is 14.3 Å². The fraction of sp³-hybridized carbons (Fsp3) is 0.714. The molecule has 4 rings (SSSR count). The van der Waals surface area contributed by atoms with Crippen LogP contribution in [0.3, 0.4) is 0 Å². The first-order chi connectivity index (χ1) is 12.6. The lowest BCUT2D eigenvalue weighted by molar-refractivity contribution is -0.154. The van der Waals surface area contributed by atoms with Gasteiger partial charge in [-0.15, -0.1) is 0 Å². The van der Waals surface area contributed by atoms with E-state index in [-0.39, 0.29) is 17.6 Å². The van der Waals surface area contributed by atoms with E-state index in [9.17, 15) is 4.79 Å². The van der Waals surface area contributed by atoms with E-state index >= 15 is 0 Å². The second-order valence-corrected chi connectivity index (χ2v) is 8.24. The molecule has 1 unspecified atom stereocenters. The molecule has 1 amide bonds. The predicted molar refractivity (Wildman–Crippen MR) is 99.1 cm³/mol. The number of aryl methyl sites for hydroxylation is 1. The Kier molecular flexibility index (Phi) is 5.16. The van der Waals surface area contributed by atoms with Crippen LogP contribution in [0, 0.1) is 12.8 Å². The van der Waals surface area contributed by atoms with Gasteiger partial charge in [-0.3, -0.25) is 4.79 Å². The Labute approximate surface area is 156 Å². The van der Waals surface area contributed by atoms with E-state index in [0.717, 1.165) is 63.8 Å². The molecular formula is C21H30N2O3. The van der Waals surface area contributed by atoms with Gasteiger partial charge in [-0.2, -0.15) is 0 Å². The van der Waals surface area contributed by atoms with E-state index in [0.29, 0.717) is 11.8 Å². The molecule has 1 aromatic heterocycles. The maximum Gasteiger partial charge on any atom is 0.225 e. The molecule has 2 aliphatic heterocycles. The second-order valence-electron chi connectivity index (χ2n) is 8.24. The average molecular weight is 358 g/mol. The van der Waals surface area contributed by atoms with Crippen molar-refractivity contribution >= 4 is 5.91 Å². The van der Waals surface area contributed by atoms with Crippen LogP contribution in [0.15, 0.2) is 18.3 Å². The number of rotatable bonds is 3. The Bertz CT molecular complexity index is 634. The van der Waals surface area contributed by atoms with Crippen molar-refractivity contribution in [2.45, 2.75) is 70.0 Å². The first-order valence-corrected chi connectivity index (χ1v) is 10.2. The summed E-state index contributed by atoms with van der Waals surface area (Å²) in [6, 6.07) is 3.97. The third-order valence-corrected chi connectivity index (χ3v) is 6.32. The predicted octanol–water partition coefficient (Wildman–Crippen LogP) is 3.50. The third kappa shape index (κ3) is 3.88. The van der Waals surface area contributed by atoms with Crippen LogP contribution in [0.5, 0.6) is 5.88 Å². The van der Waals surface area contributed by atoms with Gasteiger partial charge in [0.2, 0.25) is 11.8 Å². The van der Waals surface area contributed by atoms with Crippen LogP contribution >= 0.6 is 0 Å². The quantitative estimate of drug-likeness (QED) is 0.830. The van der Waals surface area contributed by atoms with E-state index in [2.05, 4.69) is 16.8 Å². The molecule has 3 heterocycles. The van der Waals surface area contributed by atoms with Gasteiger partial charge < -0.3 is 14.4 Å². The minimum Gasteiger partial charge on any atom is -0.474 e. The van der Waals surface area contributed by atoms with Gasteiger partial charge in [0, 0.05) is 44.1 Å². The summed E-state index contributed by atoms with van der Waals surface area (Å²) in [6.07, 6.45) is 10.2. The Morgan fingerprint density at radius 1 is 1.27 bits per heavy atom. The average Bonchev–Trinajstić information content (AvgIpc) is 3.17. The highest BCUT2D eigenvalue weighted by Gasteiger charge is 2.42. The van der Waals surface area contributed by atoms with Gasteiger partial charge in [-0.05, 0) is 44.2 Å². The summed E-state index contributed by atoms with van der Waals surface area (Å²) >= 11 is 0. The monoisotopic (exact) mass is 358 g/mol. The molecule has 5 heteroatoms. The lowest BCUT2D eigenvalue weighted by Gasteiger charge is -2.46. The number of pyridine rings is 1. The van der Waals surface area contributed by atoms with Crippen LogP contribution in [0.25, 0.3) is 0 Å². The van der Waals surface area contributed by atoms with Gasteiger partial charge in [0.15, 0.2) is 0 Å². The van der Waals surface area contributed by atoms with E-state index < -0.39 is 0 Å². The van der Waals surface area contributed by atoms with Gasteiger partial charge in [0.25, 0.3) is 0 Å². The molecule has 1 saturated carbocycles. The minimum atomic E-state index is -0.126. The second kappa shape index (κ2) is 7.55. The lowest BCUT2D eigenvalue weighted by Crippen LogP contribution is -2.53. The highest BCUT2D eigenvalue weighted by atomic mass is 16.5. The van der Waals surface area contributed by atoms with Gasteiger partial charge >= 0.3 is 0 Å². The van der Waals surface area contributed by atoms with Crippen LogP contribution in [-0.2, 0) is 9.53 Å². The number of nitrogens with zero attached hydrogens (tertiary/aromatic N) is 2. The largest absolute Gasteiger partial charge is 0.474 e. The Morgan fingerprint density at radius 3 is 2.77 bits per heavy atom. The zero-order valence-electron chi connectivity index (χ0n) is 15.8. The molecular weight excluding hydrogens is 328 g/mol. The summed E-state index contributed by atoms with van der Waals surface area (Å²) in [4.78, 5) is 19.1. The molecule has 0 bridgehead atoms. The summed E-state index contributed by atoms with van der Waals surface area (Å²) in [7, 11) is 0. The number of aromatic nitrogens is 1. The van der Waals surface area contributed by atoms with Crippen molar-refractivity contribution in [1.29, 1.82) is 0 Å². The molecule has 142 valence electrons. The number of carbonyl (C=O) groups is 1. The molecule has 1 aliphatic carbocycles. The van der Waals surface area contributed by atoms with E-state index in [4.69, 9.17) is 9.47 Å². The Morgan fingerprint density at radius 2 is 2.04 bits per heavy atom. The maximum absolute atomic E-state index is 12.7. The number of hydrogen-bond donors (Lipinski definition) is 0. The zero-order chi connectivity index (χ0) is 18.0. The summed E-state index contributed by atoms with van der Waals surface area (Å²) in [5.41, 5.74) is 1.04. The summed E-state index contributed by atoms with van der Waals surface area (Å²) in [5.74, 6) is 1.37. The molecule has 1 aromatic rings. The minimum absolute atomic E-state index is 0.126. The third-order valence-electron chi connectivity index (χ3n) is 6.32. The fourth-order valence-corrected chi connectivity index (χ4v) is 4.74. The normalized spacial score (nSPS) is 26.2. The Hall–Kier alpha value is -1.62. The lowest BCUT2D eigenvalue weighted by atomic mass is 9.83. The highest BCUT2D eigenvalue weighted by molar-refractivity contribution is 5.79. The molecule has 5 nitrogen and oxygen atoms in total. The molecule has 1 atom stereocenters. The number of carbonyl (C=O) groups excluding carboxylic acids is 1. The van der Waals surface area contributed by atoms with Crippen LogP contribution in [-0.4, -0.2) is 47.2 Å². The van der Waals surface area contributed by atoms with Crippen molar-refractivity contribution in [2.75, 3.05) is 19.7 Å². The van der Waals surface area contributed by atoms with E-state index in [1.165, 1.54) is 12.8 Å². The van der Waals surface area contributed by atoms with Gasteiger partial charge in [0.1, 0.15) is 6.10 Å².